The minimum absolute atomic E-state index is 0.411. The molecule has 0 heterocycles. The van der Waals surface area contributed by atoms with Crippen molar-refractivity contribution >= 4 is 0 Å². The summed E-state index contributed by atoms with van der Waals surface area (Å²) in [6, 6.07) is 0. The molecule has 4 unspecified atom stereocenters. The van der Waals surface area contributed by atoms with Crippen LogP contribution in [0.3, 0.4) is 0 Å². The normalized spacial score (nSPS) is 39.0. The van der Waals surface area contributed by atoms with Crippen molar-refractivity contribution in [1.82, 2.24) is 0 Å². The molecule has 4 fully saturated rings. The minimum atomic E-state index is 0.411. The third kappa shape index (κ3) is 3.58. The Morgan fingerprint density at radius 1 is 0.548 bits per heavy atom. The van der Waals surface area contributed by atoms with Gasteiger partial charge in [0.1, 0.15) is 0 Å². The van der Waals surface area contributed by atoms with Crippen LogP contribution in [0.2, 0.25) is 0 Å². The Hall–Kier alpha value is 0. The highest BCUT2D eigenvalue weighted by Crippen LogP contribution is 2.72. The molecule has 0 aliphatic heterocycles. The molecule has 4 rings (SSSR count). The fraction of sp³-hybridized carbons (Fsp3) is 1.00. The summed E-state index contributed by atoms with van der Waals surface area (Å²) in [5.41, 5.74) is 2.36. The van der Waals surface area contributed by atoms with E-state index in [1.54, 1.807) is 0 Å². The van der Waals surface area contributed by atoms with E-state index >= 15 is 0 Å². The van der Waals surface area contributed by atoms with Crippen molar-refractivity contribution < 1.29 is 0 Å². The maximum Gasteiger partial charge on any atom is -0.0205 e. The lowest BCUT2D eigenvalue weighted by molar-refractivity contribution is -0.214. The lowest BCUT2D eigenvalue weighted by atomic mass is 9.35. The van der Waals surface area contributed by atoms with Crippen LogP contribution in [0.4, 0.5) is 0 Å². The van der Waals surface area contributed by atoms with E-state index in [9.17, 15) is 0 Å². The summed E-state index contributed by atoms with van der Waals surface area (Å²) in [7, 11) is 0. The van der Waals surface area contributed by atoms with Crippen LogP contribution in [0.5, 0.6) is 0 Å². The summed E-state index contributed by atoms with van der Waals surface area (Å²) < 4.78 is 0. The van der Waals surface area contributed by atoms with Gasteiger partial charge < -0.3 is 0 Å². The molecule has 4 saturated carbocycles. The summed E-state index contributed by atoms with van der Waals surface area (Å²) in [4.78, 5) is 0. The van der Waals surface area contributed by atoms with Crippen molar-refractivity contribution in [1.29, 1.82) is 0 Å². The van der Waals surface area contributed by atoms with Gasteiger partial charge >= 0.3 is 0 Å². The molecule has 4 atom stereocenters. The predicted molar refractivity (Wildman–Crippen MR) is 136 cm³/mol. The highest BCUT2D eigenvalue weighted by Gasteiger charge is 2.65. The van der Waals surface area contributed by atoms with Crippen molar-refractivity contribution in [3.63, 3.8) is 0 Å². The average molecular weight is 429 g/mol. The van der Waals surface area contributed by atoms with E-state index in [0.29, 0.717) is 27.1 Å². The molecule has 31 heavy (non-hydrogen) atoms. The van der Waals surface area contributed by atoms with Crippen LogP contribution in [0.1, 0.15) is 151 Å². The molecule has 0 aromatic heterocycles. The zero-order chi connectivity index (χ0) is 22.5. The molecule has 0 N–H and O–H groups in total. The second-order valence-electron chi connectivity index (χ2n) is 14.7. The van der Waals surface area contributed by atoms with E-state index in [0.717, 1.165) is 17.8 Å². The minimum Gasteiger partial charge on any atom is -0.0591 e. The van der Waals surface area contributed by atoms with Gasteiger partial charge in [-0.15, -0.1) is 0 Å². The molecule has 0 aromatic carbocycles. The second kappa shape index (κ2) is 8.34. The van der Waals surface area contributed by atoms with E-state index < -0.39 is 0 Å². The molecule has 0 radical (unpaired) electrons. The molecule has 0 heteroatoms. The molecular formula is C31H56. The highest BCUT2D eigenvalue weighted by molar-refractivity contribution is 5.14. The number of hydrogen-bond donors (Lipinski definition) is 0. The quantitative estimate of drug-likeness (QED) is 0.417. The maximum atomic E-state index is 2.85. The summed E-state index contributed by atoms with van der Waals surface area (Å²) in [6.07, 6.45) is 23.8. The van der Waals surface area contributed by atoms with Crippen molar-refractivity contribution in [2.24, 2.45) is 44.8 Å². The third-order valence-electron chi connectivity index (χ3n) is 13.4. The third-order valence-corrected chi connectivity index (χ3v) is 13.4. The van der Waals surface area contributed by atoms with Crippen LogP contribution < -0.4 is 0 Å². The Morgan fingerprint density at radius 3 is 1.65 bits per heavy atom. The van der Waals surface area contributed by atoms with Crippen LogP contribution in [0, 0.1) is 44.8 Å². The van der Waals surface area contributed by atoms with Crippen molar-refractivity contribution in [2.45, 2.75) is 151 Å². The molecule has 4 aliphatic rings. The van der Waals surface area contributed by atoms with Gasteiger partial charge in [0.2, 0.25) is 0 Å². The Bertz CT molecular complexity index is 612. The Labute approximate surface area is 196 Å². The van der Waals surface area contributed by atoms with Crippen molar-refractivity contribution in [3.05, 3.63) is 0 Å². The molecule has 0 aromatic rings. The van der Waals surface area contributed by atoms with Gasteiger partial charge in [0, 0.05) is 0 Å². The topological polar surface area (TPSA) is 0 Å². The summed E-state index contributed by atoms with van der Waals surface area (Å²) in [5.74, 6) is 2.84. The zero-order valence-electron chi connectivity index (χ0n) is 22.5. The fourth-order valence-electron chi connectivity index (χ4n) is 10.3. The SMILES string of the molecule is CC1(C(C)(C)C2CCC3CCCCC3C2(C)C(C)(C)C2(C)CCCCC2)CCCCC1. The Morgan fingerprint density at radius 2 is 1.06 bits per heavy atom. The number of fused-ring (bicyclic) bond motifs is 1. The van der Waals surface area contributed by atoms with E-state index in [1.807, 2.05) is 0 Å². The molecule has 0 spiro atoms. The average Bonchev–Trinajstić information content (AvgIpc) is 2.74. The number of hydrogen-bond acceptors (Lipinski definition) is 0. The Kier molecular flexibility index (Phi) is 6.49. The van der Waals surface area contributed by atoms with Gasteiger partial charge in [0.15, 0.2) is 0 Å². The summed E-state index contributed by atoms with van der Waals surface area (Å²) >= 11 is 0. The van der Waals surface area contributed by atoms with E-state index in [1.165, 1.54) is 103 Å². The van der Waals surface area contributed by atoms with Crippen LogP contribution >= 0.6 is 0 Å². The van der Waals surface area contributed by atoms with Crippen molar-refractivity contribution in [2.75, 3.05) is 0 Å². The molecule has 0 amide bonds. The van der Waals surface area contributed by atoms with E-state index in [2.05, 4.69) is 48.5 Å². The molecule has 4 aliphatic carbocycles. The van der Waals surface area contributed by atoms with E-state index in [4.69, 9.17) is 0 Å². The smallest absolute Gasteiger partial charge is 0.0205 e. The van der Waals surface area contributed by atoms with Gasteiger partial charge in [0.05, 0.1) is 0 Å². The first-order valence-electron chi connectivity index (χ1n) is 14.5. The molecule has 0 nitrogen and oxygen atoms in total. The summed E-state index contributed by atoms with van der Waals surface area (Å²) in [5, 5.41) is 0. The molecular weight excluding hydrogens is 372 g/mol. The van der Waals surface area contributed by atoms with Gasteiger partial charge in [-0.25, -0.2) is 0 Å². The van der Waals surface area contributed by atoms with Crippen LogP contribution in [-0.2, 0) is 0 Å². The highest BCUT2D eigenvalue weighted by atomic mass is 14.7. The van der Waals surface area contributed by atoms with Gasteiger partial charge in [-0.05, 0) is 89.8 Å². The molecule has 180 valence electrons. The largest absolute Gasteiger partial charge is 0.0591 e. The molecule has 0 bridgehead atoms. The van der Waals surface area contributed by atoms with Gasteiger partial charge in [-0.2, -0.15) is 0 Å². The monoisotopic (exact) mass is 428 g/mol. The second-order valence-corrected chi connectivity index (χ2v) is 14.7. The lowest BCUT2D eigenvalue weighted by Gasteiger charge is -2.70. The Balaban J connectivity index is 1.80. The first-order chi connectivity index (χ1) is 14.5. The van der Waals surface area contributed by atoms with Crippen LogP contribution in [0.15, 0.2) is 0 Å². The zero-order valence-corrected chi connectivity index (χ0v) is 22.5. The predicted octanol–water partition coefficient (Wildman–Crippen LogP) is 10.2. The van der Waals surface area contributed by atoms with E-state index in [-0.39, 0.29) is 0 Å². The first kappa shape index (κ1) is 24.1. The standard InChI is InChI=1S/C31H56/c1-27(2,29(5)20-12-8-13-21-29)26-19-18-24-16-10-11-17-25(24)31(26,7)28(3,4)30(6)22-14-9-15-23-30/h24-26H,8-23H2,1-7H3. The number of rotatable bonds is 4. The molecule has 0 saturated heterocycles. The van der Waals surface area contributed by atoms with Crippen molar-refractivity contribution in [3.8, 4) is 0 Å². The van der Waals surface area contributed by atoms with Crippen LogP contribution in [0.25, 0.3) is 0 Å². The maximum absolute atomic E-state index is 2.85. The van der Waals surface area contributed by atoms with Crippen LogP contribution in [-0.4, -0.2) is 0 Å². The van der Waals surface area contributed by atoms with Gasteiger partial charge in [-0.3, -0.25) is 0 Å². The summed E-state index contributed by atoms with van der Waals surface area (Å²) in [6.45, 7) is 19.3. The van der Waals surface area contributed by atoms with Gasteiger partial charge in [-0.1, -0.05) is 106 Å². The lowest BCUT2D eigenvalue weighted by Crippen LogP contribution is -2.63. The first-order valence-corrected chi connectivity index (χ1v) is 14.5. The fourth-order valence-corrected chi connectivity index (χ4v) is 10.3. The van der Waals surface area contributed by atoms with Gasteiger partial charge in [0.25, 0.3) is 0 Å².